The lowest BCUT2D eigenvalue weighted by Crippen LogP contribution is -2.35. The number of hydrogen-bond acceptors (Lipinski definition) is 6. The highest BCUT2D eigenvalue weighted by atomic mass is 32.2. The Kier molecular flexibility index (Phi) is 8.67. The van der Waals surface area contributed by atoms with Gasteiger partial charge < -0.3 is 10.4 Å². The Labute approximate surface area is 255 Å². The molecule has 0 saturated carbocycles. The minimum Gasteiger partial charge on any atom is -0.387 e. The Morgan fingerprint density at radius 2 is 1.56 bits per heavy atom. The summed E-state index contributed by atoms with van der Waals surface area (Å²) in [6.45, 7) is -0.501. The summed E-state index contributed by atoms with van der Waals surface area (Å²) in [7, 11) is -3.77. The van der Waals surface area contributed by atoms with Gasteiger partial charge in [0.1, 0.15) is 11.7 Å². The van der Waals surface area contributed by atoms with E-state index < -0.39 is 22.8 Å². The topological polar surface area (TPSA) is 91.3 Å². The largest absolute Gasteiger partial charge is 0.387 e. The maximum absolute atomic E-state index is 13.1. The molecule has 1 saturated heterocycles. The summed E-state index contributed by atoms with van der Waals surface area (Å²) >= 11 is 1.47. The first kappa shape index (κ1) is 29.2. The van der Waals surface area contributed by atoms with Crippen LogP contribution in [0.2, 0.25) is 0 Å². The Balaban J connectivity index is 1.05. The van der Waals surface area contributed by atoms with E-state index >= 15 is 0 Å². The van der Waals surface area contributed by atoms with Crippen LogP contribution in [0.4, 0.5) is 10.1 Å². The molecule has 0 bridgehead atoms. The quantitative estimate of drug-likeness (QED) is 0.156. The Morgan fingerprint density at radius 1 is 0.884 bits per heavy atom. The predicted molar refractivity (Wildman–Crippen MR) is 170 cm³/mol. The molecule has 5 aromatic rings. The lowest BCUT2D eigenvalue weighted by Gasteiger charge is -2.20. The lowest BCUT2D eigenvalue weighted by atomic mass is 10.0. The monoisotopic (exact) mass is 613 g/mol. The van der Waals surface area contributed by atoms with Crippen molar-refractivity contribution in [2.24, 2.45) is 0 Å². The van der Waals surface area contributed by atoms with Crippen molar-refractivity contribution in [1.29, 1.82) is 0 Å². The second kappa shape index (κ2) is 12.8. The van der Waals surface area contributed by atoms with Gasteiger partial charge in [-0.05, 0) is 60.2 Å². The molecular formula is C34H32FN3O3S2. The Hall–Kier alpha value is -3.89. The van der Waals surface area contributed by atoms with Gasteiger partial charge in [0, 0.05) is 34.3 Å². The number of nitrogens with zero attached hydrogens (tertiary/aromatic N) is 1. The molecule has 0 unspecified atom stereocenters. The number of aliphatic hydroxyl groups excluding tert-OH is 1. The van der Waals surface area contributed by atoms with Crippen molar-refractivity contribution >= 4 is 27.0 Å². The number of anilines is 1. The minimum absolute atomic E-state index is 0.0169. The second-order valence-corrected chi connectivity index (χ2v) is 13.3. The molecule has 43 heavy (non-hydrogen) atoms. The fraction of sp³-hybridized carbons (Fsp3) is 0.206. The van der Waals surface area contributed by atoms with Crippen molar-refractivity contribution in [2.75, 3.05) is 4.72 Å². The van der Waals surface area contributed by atoms with Crippen LogP contribution in [-0.4, -0.2) is 30.6 Å². The molecule has 0 radical (unpaired) electrons. The van der Waals surface area contributed by atoms with E-state index in [9.17, 15) is 17.9 Å². The number of halogens is 1. The fourth-order valence-electron chi connectivity index (χ4n) is 5.43. The van der Waals surface area contributed by atoms with Gasteiger partial charge in [-0.3, -0.25) is 4.72 Å². The first-order chi connectivity index (χ1) is 20.9. The average Bonchev–Trinajstić information content (AvgIpc) is 3.73. The first-order valence-electron chi connectivity index (χ1n) is 14.2. The van der Waals surface area contributed by atoms with Gasteiger partial charge in [-0.2, -0.15) is 0 Å². The van der Waals surface area contributed by atoms with Crippen LogP contribution >= 0.6 is 11.3 Å². The number of hydrogen-bond donors (Lipinski definition) is 3. The molecule has 9 heteroatoms. The van der Waals surface area contributed by atoms with Gasteiger partial charge in [-0.25, -0.2) is 17.8 Å². The van der Waals surface area contributed by atoms with Crippen LogP contribution in [-0.2, 0) is 23.1 Å². The Bertz CT molecular complexity index is 1760. The van der Waals surface area contributed by atoms with Crippen LogP contribution in [0.15, 0.2) is 113 Å². The van der Waals surface area contributed by atoms with E-state index in [1.54, 1.807) is 48.5 Å². The standard InChI is InChI=1S/C34H32FN3O3S2/c35-21-24-6-10-25(11-7-24)32-22-42-34(37-32)27-12-17-30(18-13-27)43(40,41)38-28-14-8-23(9-15-28)20-29-16-19-31(36-29)33(39)26-4-2-1-3-5-26/h1-15,17-18,22,29,31,33,36,38-39H,16,19-21H2/t29-,31-,33-/m1/s1. The summed E-state index contributed by atoms with van der Waals surface area (Å²) < 4.78 is 41.7. The Morgan fingerprint density at radius 3 is 2.26 bits per heavy atom. The van der Waals surface area contributed by atoms with Gasteiger partial charge in [0.2, 0.25) is 0 Å². The number of alkyl halides is 1. The summed E-state index contributed by atoms with van der Waals surface area (Å²) in [6, 6.07) is 31.3. The van der Waals surface area contributed by atoms with Crippen molar-refractivity contribution in [3.63, 3.8) is 0 Å². The molecule has 220 valence electrons. The maximum atomic E-state index is 13.1. The van der Waals surface area contributed by atoms with Crippen molar-refractivity contribution in [1.82, 2.24) is 10.3 Å². The predicted octanol–water partition coefficient (Wildman–Crippen LogP) is 7.14. The SMILES string of the molecule is O=S(=O)(Nc1ccc(C[C@H]2CC[C@H]([C@H](O)c3ccccc3)N2)cc1)c1ccc(-c2nc(-c3ccc(CF)cc3)cs2)cc1. The van der Waals surface area contributed by atoms with Crippen LogP contribution < -0.4 is 10.0 Å². The van der Waals surface area contributed by atoms with Gasteiger partial charge in [0.25, 0.3) is 10.0 Å². The molecule has 0 aliphatic carbocycles. The number of rotatable bonds is 10. The number of thiazole rings is 1. The average molecular weight is 614 g/mol. The zero-order valence-electron chi connectivity index (χ0n) is 23.4. The van der Waals surface area contributed by atoms with E-state index in [-0.39, 0.29) is 17.0 Å². The summed E-state index contributed by atoms with van der Waals surface area (Å²) in [5, 5.41) is 17.0. The van der Waals surface area contributed by atoms with Crippen LogP contribution in [0.25, 0.3) is 21.8 Å². The third-order valence-electron chi connectivity index (χ3n) is 7.81. The molecule has 3 atom stereocenters. The highest BCUT2D eigenvalue weighted by Crippen LogP contribution is 2.31. The van der Waals surface area contributed by atoms with Crippen LogP contribution in [0.1, 0.15) is 35.6 Å². The van der Waals surface area contributed by atoms with Crippen molar-refractivity contribution in [3.05, 3.63) is 125 Å². The van der Waals surface area contributed by atoms with E-state index in [0.717, 1.165) is 52.2 Å². The third kappa shape index (κ3) is 6.86. The number of sulfonamides is 1. The second-order valence-electron chi connectivity index (χ2n) is 10.8. The van der Waals surface area contributed by atoms with Crippen molar-refractivity contribution in [2.45, 2.75) is 49.0 Å². The minimum atomic E-state index is -3.77. The molecule has 1 aliphatic heterocycles. The van der Waals surface area contributed by atoms with Gasteiger partial charge in [-0.15, -0.1) is 11.3 Å². The summed E-state index contributed by atoms with van der Waals surface area (Å²) in [5.74, 6) is 0. The van der Waals surface area contributed by atoms with Crippen LogP contribution in [0, 0.1) is 0 Å². The molecule has 0 spiro atoms. The number of nitrogens with one attached hydrogen (secondary N) is 2. The van der Waals surface area contributed by atoms with E-state index in [1.807, 2.05) is 60.0 Å². The van der Waals surface area contributed by atoms with Gasteiger partial charge >= 0.3 is 0 Å². The highest BCUT2D eigenvalue weighted by molar-refractivity contribution is 7.92. The molecule has 0 amide bonds. The normalized spacial score (nSPS) is 17.5. The molecule has 6 nitrogen and oxygen atoms in total. The molecule has 2 heterocycles. The third-order valence-corrected chi connectivity index (χ3v) is 10.1. The summed E-state index contributed by atoms with van der Waals surface area (Å²) in [6.07, 6.45) is 2.13. The molecular weight excluding hydrogens is 582 g/mol. The number of aromatic nitrogens is 1. The van der Waals surface area contributed by atoms with E-state index in [4.69, 9.17) is 0 Å². The van der Waals surface area contributed by atoms with Gasteiger partial charge in [-0.1, -0.05) is 78.9 Å². The highest BCUT2D eigenvalue weighted by Gasteiger charge is 2.29. The number of benzene rings is 4. The van der Waals surface area contributed by atoms with Gasteiger partial charge in [0.05, 0.1) is 16.7 Å². The van der Waals surface area contributed by atoms with Crippen LogP contribution in [0.3, 0.4) is 0 Å². The molecule has 4 aromatic carbocycles. The molecule has 3 N–H and O–H groups in total. The van der Waals surface area contributed by atoms with Crippen molar-refractivity contribution < 1.29 is 17.9 Å². The van der Waals surface area contributed by atoms with E-state index in [2.05, 4.69) is 15.0 Å². The number of aliphatic hydroxyl groups is 1. The van der Waals surface area contributed by atoms with E-state index in [0.29, 0.717) is 11.3 Å². The molecule has 1 fully saturated rings. The maximum Gasteiger partial charge on any atom is 0.261 e. The van der Waals surface area contributed by atoms with E-state index in [1.165, 1.54) is 11.3 Å². The zero-order valence-corrected chi connectivity index (χ0v) is 25.0. The summed E-state index contributed by atoms with van der Waals surface area (Å²) in [4.78, 5) is 4.84. The molecule has 1 aromatic heterocycles. The molecule has 6 rings (SSSR count). The van der Waals surface area contributed by atoms with Gasteiger partial charge in [0.15, 0.2) is 0 Å². The van der Waals surface area contributed by atoms with Crippen molar-refractivity contribution in [3.8, 4) is 21.8 Å². The summed E-state index contributed by atoms with van der Waals surface area (Å²) in [5.41, 5.74) is 5.64. The molecule has 1 aliphatic rings. The zero-order chi connectivity index (χ0) is 29.8. The smallest absolute Gasteiger partial charge is 0.261 e. The first-order valence-corrected chi connectivity index (χ1v) is 16.6. The van der Waals surface area contributed by atoms with Crippen LogP contribution in [0.5, 0.6) is 0 Å². The lowest BCUT2D eigenvalue weighted by molar-refractivity contribution is 0.135. The fourth-order valence-corrected chi connectivity index (χ4v) is 7.32.